The third-order valence-electron chi connectivity index (χ3n) is 4.69. The van der Waals surface area contributed by atoms with Crippen molar-refractivity contribution in [3.63, 3.8) is 0 Å². The number of non-ortho nitro benzene ring substituents is 1. The van der Waals surface area contributed by atoms with Crippen LogP contribution in [0.25, 0.3) is 16.9 Å². The van der Waals surface area contributed by atoms with Gasteiger partial charge in [-0.1, -0.05) is 60.7 Å². The molecule has 0 radical (unpaired) electrons. The molecule has 1 amide bonds. The van der Waals surface area contributed by atoms with Crippen molar-refractivity contribution < 1.29 is 9.72 Å². The molecular weight excluding hydrogens is 406 g/mol. The first-order chi connectivity index (χ1) is 15.6. The minimum atomic E-state index is -0.491. The lowest BCUT2D eigenvalue weighted by molar-refractivity contribution is -0.384. The molecule has 0 fully saturated rings. The molecule has 8 heteroatoms. The fourth-order valence-electron chi connectivity index (χ4n) is 3.19. The molecule has 1 heterocycles. The second-order valence-corrected chi connectivity index (χ2v) is 6.98. The van der Waals surface area contributed by atoms with Gasteiger partial charge in [0.05, 0.1) is 23.2 Å². The van der Waals surface area contributed by atoms with Crippen LogP contribution in [0.2, 0.25) is 0 Å². The zero-order valence-electron chi connectivity index (χ0n) is 17.0. The lowest BCUT2D eigenvalue weighted by atomic mass is 10.1. The maximum atomic E-state index is 12.2. The molecule has 3 aromatic carbocycles. The summed E-state index contributed by atoms with van der Waals surface area (Å²) in [5.74, 6) is -0.376. The number of rotatable bonds is 7. The van der Waals surface area contributed by atoms with Crippen LogP contribution >= 0.6 is 0 Å². The van der Waals surface area contributed by atoms with E-state index >= 15 is 0 Å². The number of amides is 1. The Kier molecular flexibility index (Phi) is 6.12. The lowest BCUT2D eigenvalue weighted by Gasteiger charge is -2.01. The topological polar surface area (TPSA) is 102 Å². The third-order valence-corrected chi connectivity index (χ3v) is 4.69. The Bertz CT molecular complexity index is 1270. The average Bonchev–Trinajstić information content (AvgIpc) is 3.24. The molecule has 8 nitrogen and oxygen atoms in total. The first-order valence-electron chi connectivity index (χ1n) is 9.86. The summed E-state index contributed by atoms with van der Waals surface area (Å²) in [5.41, 5.74) is 6.24. The summed E-state index contributed by atoms with van der Waals surface area (Å²) >= 11 is 0. The number of hydrogen-bond acceptors (Lipinski definition) is 5. The standard InChI is InChI=1S/C24H19N5O3/c30-23(15-18-8-7-13-22(14-18)29(31)32)26-25-16-20-17-28(21-11-5-2-6-12-21)27-24(20)19-9-3-1-4-10-19/h1-14,16-17H,15H2,(H,26,30). The van der Waals surface area contributed by atoms with Crippen LogP contribution in [0.1, 0.15) is 11.1 Å². The number of nitrogens with one attached hydrogen (secondary N) is 1. The molecule has 1 aromatic heterocycles. The monoisotopic (exact) mass is 425 g/mol. The Hall–Kier alpha value is -4.59. The zero-order valence-corrected chi connectivity index (χ0v) is 17.0. The van der Waals surface area contributed by atoms with Gasteiger partial charge in [0.2, 0.25) is 5.91 Å². The number of nitrogens with zero attached hydrogens (tertiary/aromatic N) is 4. The van der Waals surface area contributed by atoms with E-state index < -0.39 is 4.92 Å². The Morgan fingerprint density at radius 1 is 1.03 bits per heavy atom. The van der Waals surface area contributed by atoms with Crippen molar-refractivity contribution in [2.45, 2.75) is 6.42 Å². The quantitative estimate of drug-likeness (QED) is 0.273. The van der Waals surface area contributed by atoms with Gasteiger partial charge in [-0.25, -0.2) is 10.1 Å². The van der Waals surface area contributed by atoms with Crippen LogP contribution in [0.5, 0.6) is 0 Å². The van der Waals surface area contributed by atoms with Gasteiger partial charge in [0.25, 0.3) is 5.69 Å². The molecule has 0 bridgehead atoms. The lowest BCUT2D eigenvalue weighted by Crippen LogP contribution is -2.19. The SMILES string of the molecule is O=C(Cc1cccc([N+](=O)[O-])c1)NN=Cc1cn(-c2ccccc2)nc1-c1ccccc1. The van der Waals surface area contributed by atoms with Gasteiger partial charge in [-0.05, 0) is 17.7 Å². The van der Waals surface area contributed by atoms with Crippen molar-refractivity contribution >= 4 is 17.8 Å². The van der Waals surface area contributed by atoms with E-state index in [1.807, 2.05) is 66.9 Å². The summed E-state index contributed by atoms with van der Waals surface area (Å²) in [6, 6.07) is 25.4. The van der Waals surface area contributed by atoms with Crippen LogP contribution in [0.15, 0.2) is 96.2 Å². The molecule has 1 N–H and O–H groups in total. The predicted octanol–water partition coefficient (Wildman–Crippen LogP) is 4.14. The van der Waals surface area contributed by atoms with E-state index in [0.29, 0.717) is 5.56 Å². The van der Waals surface area contributed by atoms with Gasteiger partial charge in [0, 0.05) is 29.5 Å². The number of benzene rings is 3. The number of carbonyl (C=O) groups excluding carboxylic acids is 1. The second-order valence-electron chi connectivity index (χ2n) is 6.98. The van der Waals surface area contributed by atoms with Crippen molar-refractivity contribution in [1.29, 1.82) is 0 Å². The van der Waals surface area contributed by atoms with Gasteiger partial charge in [-0.15, -0.1) is 0 Å². The summed E-state index contributed by atoms with van der Waals surface area (Å²) in [4.78, 5) is 22.7. The van der Waals surface area contributed by atoms with Gasteiger partial charge >= 0.3 is 0 Å². The van der Waals surface area contributed by atoms with Gasteiger partial charge in [-0.2, -0.15) is 10.2 Å². The van der Waals surface area contributed by atoms with Crippen LogP contribution < -0.4 is 5.43 Å². The average molecular weight is 425 g/mol. The molecule has 0 atom stereocenters. The molecular formula is C24H19N5O3. The highest BCUT2D eigenvalue weighted by atomic mass is 16.6. The molecule has 0 saturated carbocycles. The number of para-hydroxylation sites is 1. The summed E-state index contributed by atoms with van der Waals surface area (Å²) in [6.07, 6.45) is 3.36. The van der Waals surface area contributed by atoms with Crippen molar-refractivity contribution in [3.8, 4) is 16.9 Å². The van der Waals surface area contributed by atoms with Crippen LogP contribution in [0.4, 0.5) is 5.69 Å². The molecule has 0 saturated heterocycles. The maximum Gasteiger partial charge on any atom is 0.269 e. The molecule has 0 unspecified atom stereocenters. The second kappa shape index (κ2) is 9.48. The van der Waals surface area contributed by atoms with Gasteiger partial charge in [0.1, 0.15) is 5.69 Å². The van der Waals surface area contributed by atoms with Gasteiger partial charge < -0.3 is 0 Å². The van der Waals surface area contributed by atoms with Crippen LogP contribution in [-0.4, -0.2) is 26.8 Å². The molecule has 0 aliphatic heterocycles. The molecule has 32 heavy (non-hydrogen) atoms. The van der Waals surface area contributed by atoms with Gasteiger partial charge in [-0.3, -0.25) is 14.9 Å². The minimum absolute atomic E-state index is 0.0200. The first-order valence-corrected chi connectivity index (χ1v) is 9.86. The maximum absolute atomic E-state index is 12.2. The molecule has 0 spiro atoms. The minimum Gasteiger partial charge on any atom is -0.273 e. The van der Waals surface area contributed by atoms with E-state index in [1.165, 1.54) is 12.1 Å². The Balaban J connectivity index is 1.53. The predicted molar refractivity (Wildman–Crippen MR) is 122 cm³/mol. The fraction of sp³-hybridized carbons (Fsp3) is 0.0417. The molecule has 4 aromatic rings. The summed E-state index contributed by atoms with van der Waals surface area (Å²) in [7, 11) is 0. The van der Waals surface area contributed by atoms with E-state index in [9.17, 15) is 14.9 Å². The number of hydrogen-bond donors (Lipinski definition) is 1. The van der Waals surface area contributed by atoms with E-state index in [0.717, 1.165) is 22.5 Å². The number of hydrazone groups is 1. The molecule has 0 aliphatic carbocycles. The van der Waals surface area contributed by atoms with Crippen molar-refractivity contribution in [2.75, 3.05) is 0 Å². The van der Waals surface area contributed by atoms with Crippen molar-refractivity contribution in [2.24, 2.45) is 5.10 Å². The van der Waals surface area contributed by atoms with Gasteiger partial charge in [0.15, 0.2) is 0 Å². The Morgan fingerprint density at radius 3 is 2.47 bits per heavy atom. The van der Waals surface area contributed by atoms with Crippen molar-refractivity contribution in [1.82, 2.24) is 15.2 Å². The fourth-order valence-corrected chi connectivity index (χ4v) is 3.19. The highest BCUT2D eigenvalue weighted by molar-refractivity contribution is 5.89. The molecule has 4 rings (SSSR count). The summed E-state index contributed by atoms with van der Waals surface area (Å²) in [5, 5.41) is 19.7. The Labute approximate surface area is 184 Å². The Morgan fingerprint density at radius 2 is 1.75 bits per heavy atom. The zero-order chi connectivity index (χ0) is 22.3. The largest absolute Gasteiger partial charge is 0.273 e. The number of carbonyl (C=O) groups is 1. The highest BCUT2D eigenvalue weighted by Gasteiger charge is 2.12. The van der Waals surface area contributed by atoms with Crippen LogP contribution in [0.3, 0.4) is 0 Å². The number of nitro benzene ring substituents is 1. The van der Waals surface area contributed by atoms with E-state index in [2.05, 4.69) is 10.5 Å². The summed E-state index contributed by atoms with van der Waals surface area (Å²) < 4.78 is 1.76. The number of nitro groups is 1. The van der Waals surface area contributed by atoms with E-state index in [1.54, 1.807) is 23.0 Å². The smallest absolute Gasteiger partial charge is 0.269 e. The highest BCUT2D eigenvalue weighted by Crippen LogP contribution is 2.22. The first kappa shape index (κ1) is 20.7. The van der Waals surface area contributed by atoms with Crippen LogP contribution in [0, 0.1) is 10.1 Å². The van der Waals surface area contributed by atoms with Crippen LogP contribution in [-0.2, 0) is 11.2 Å². The molecule has 0 aliphatic rings. The van der Waals surface area contributed by atoms with Crippen molar-refractivity contribution in [3.05, 3.63) is 112 Å². The van der Waals surface area contributed by atoms with E-state index in [-0.39, 0.29) is 18.0 Å². The van der Waals surface area contributed by atoms with E-state index in [4.69, 9.17) is 5.10 Å². The number of aromatic nitrogens is 2. The normalized spacial score (nSPS) is 10.9. The third kappa shape index (κ3) is 4.93. The summed E-state index contributed by atoms with van der Waals surface area (Å²) in [6.45, 7) is 0. The molecule has 158 valence electrons.